The molecule has 1 aromatic rings. The highest BCUT2D eigenvalue weighted by Crippen LogP contribution is 2.30. The molecule has 0 bridgehead atoms. The second-order valence-electron chi connectivity index (χ2n) is 6.04. The van der Waals surface area contributed by atoms with Crippen LogP contribution in [-0.4, -0.2) is 48.0 Å². The van der Waals surface area contributed by atoms with E-state index in [2.05, 4.69) is 15.7 Å². The largest absolute Gasteiger partial charge is 0.378 e. The van der Waals surface area contributed by atoms with E-state index < -0.39 is 0 Å². The molecule has 2 fully saturated rings. The van der Waals surface area contributed by atoms with Crippen LogP contribution < -0.4 is 10.6 Å². The Bertz CT molecular complexity index is 508. The van der Waals surface area contributed by atoms with E-state index in [4.69, 9.17) is 4.74 Å². The van der Waals surface area contributed by atoms with Gasteiger partial charge in [0.2, 0.25) is 0 Å². The Kier molecular flexibility index (Phi) is 4.26. The van der Waals surface area contributed by atoms with Gasteiger partial charge in [-0.05, 0) is 19.8 Å². The smallest absolute Gasteiger partial charge is 0.255 e. The number of carbonyl (C=O) groups is 1. The van der Waals surface area contributed by atoms with Gasteiger partial charge in [0.15, 0.2) is 0 Å². The van der Waals surface area contributed by atoms with Gasteiger partial charge in [-0.3, -0.25) is 9.48 Å². The summed E-state index contributed by atoms with van der Waals surface area (Å²) in [7, 11) is 1.68. The molecule has 3 rings (SSSR count). The summed E-state index contributed by atoms with van der Waals surface area (Å²) in [6.07, 6.45) is 6.60. The molecule has 0 aromatic carbocycles. The fourth-order valence-electron chi connectivity index (χ4n) is 3.46. The fourth-order valence-corrected chi connectivity index (χ4v) is 3.46. The average Bonchev–Trinajstić information content (AvgIpc) is 3.18. The van der Waals surface area contributed by atoms with Gasteiger partial charge in [-0.25, -0.2) is 0 Å². The predicted octanol–water partition coefficient (Wildman–Crippen LogP) is 1.02. The van der Waals surface area contributed by atoms with Crippen LogP contribution in [0, 0.1) is 6.92 Å². The topological polar surface area (TPSA) is 68.2 Å². The molecular weight excluding hydrogens is 268 g/mol. The van der Waals surface area contributed by atoms with Crippen LogP contribution in [0.4, 0.5) is 0 Å². The Balaban J connectivity index is 1.70. The van der Waals surface area contributed by atoms with Gasteiger partial charge in [-0.2, -0.15) is 5.10 Å². The van der Waals surface area contributed by atoms with E-state index >= 15 is 0 Å². The molecule has 6 nitrogen and oxygen atoms in total. The molecule has 1 aliphatic carbocycles. The van der Waals surface area contributed by atoms with Gasteiger partial charge in [0, 0.05) is 25.9 Å². The molecule has 116 valence electrons. The lowest BCUT2D eigenvalue weighted by Crippen LogP contribution is -2.43. The molecule has 1 amide bonds. The molecular formula is C15H24N4O2. The van der Waals surface area contributed by atoms with E-state index in [0.717, 1.165) is 18.8 Å². The van der Waals surface area contributed by atoms with E-state index in [-0.39, 0.29) is 18.1 Å². The van der Waals surface area contributed by atoms with Crippen molar-refractivity contribution in [3.63, 3.8) is 0 Å². The lowest BCUT2D eigenvalue weighted by Gasteiger charge is -2.18. The summed E-state index contributed by atoms with van der Waals surface area (Å²) in [5.41, 5.74) is 1.66. The van der Waals surface area contributed by atoms with E-state index in [1.807, 2.05) is 11.6 Å². The van der Waals surface area contributed by atoms with Crippen LogP contribution >= 0.6 is 0 Å². The second kappa shape index (κ2) is 6.15. The second-order valence-corrected chi connectivity index (χ2v) is 6.04. The monoisotopic (exact) mass is 292 g/mol. The highest BCUT2D eigenvalue weighted by atomic mass is 16.5. The van der Waals surface area contributed by atoms with Crippen molar-refractivity contribution in [1.82, 2.24) is 20.4 Å². The summed E-state index contributed by atoms with van der Waals surface area (Å²) in [5, 5.41) is 10.7. The number of ether oxygens (including phenoxy) is 1. The van der Waals surface area contributed by atoms with E-state index in [0.29, 0.717) is 11.6 Å². The number of hydrogen-bond acceptors (Lipinski definition) is 4. The Hall–Kier alpha value is -1.40. The highest BCUT2D eigenvalue weighted by Gasteiger charge is 2.30. The molecule has 1 aliphatic heterocycles. The van der Waals surface area contributed by atoms with Crippen LogP contribution in [0.2, 0.25) is 0 Å². The van der Waals surface area contributed by atoms with Crippen LogP contribution in [0.5, 0.6) is 0 Å². The molecule has 0 radical (unpaired) electrons. The molecule has 0 spiro atoms. The van der Waals surface area contributed by atoms with Crippen molar-refractivity contribution in [3.8, 4) is 0 Å². The predicted molar refractivity (Wildman–Crippen MR) is 79.4 cm³/mol. The first-order valence-electron chi connectivity index (χ1n) is 7.79. The van der Waals surface area contributed by atoms with Crippen LogP contribution in [-0.2, 0) is 4.74 Å². The summed E-state index contributed by atoms with van der Waals surface area (Å²) < 4.78 is 7.41. The SMILES string of the molecule is CO[C@H]1CNC[C@@H]1NC(=O)c1cnn(C2CCCC2)c1C. The van der Waals surface area contributed by atoms with Gasteiger partial charge in [0.05, 0.1) is 29.9 Å². The third-order valence-corrected chi connectivity index (χ3v) is 4.74. The normalized spacial score (nSPS) is 26.4. The number of hydrogen-bond donors (Lipinski definition) is 2. The molecule has 2 atom stereocenters. The lowest BCUT2D eigenvalue weighted by atomic mass is 10.1. The van der Waals surface area contributed by atoms with Crippen molar-refractivity contribution in [2.75, 3.05) is 20.2 Å². The minimum absolute atomic E-state index is 0.0248. The quantitative estimate of drug-likeness (QED) is 0.869. The summed E-state index contributed by atoms with van der Waals surface area (Å²) in [6, 6.07) is 0.489. The molecule has 0 unspecified atom stereocenters. The fraction of sp³-hybridized carbons (Fsp3) is 0.733. The molecule has 2 aliphatic rings. The number of nitrogens with one attached hydrogen (secondary N) is 2. The number of methoxy groups -OCH3 is 1. The number of aromatic nitrogens is 2. The minimum Gasteiger partial charge on any atom is -0.378 e. The van der Waals surface area contributed by atoms with Gasteiger partial charge < -0.3 is 15.4 Å². The number of amides is 1. The molecule has 2 N–H and O–H groups in total. The van der Waals surface area contributed by atoms with Crippen molar-refractivity contribution in [2.45, 2.75) is 50.8 Å². The average molecular weight is 292 g/mol. The van der Waals surface area contributed by atoms with Crippen molar-refractivity contribution >= 4 is 5.91 Å². The summed E-state index contributed by atoms with van der Waals surface area (Å²) >= 11 is 0. The third-order valence-electron chi connectivity index (χ3n) is 4.74. The first-order chi connectivity index (χ1) is 10.2. The van der Waals surface area contributed by atoms with Crippen molar-refractivity contribution < 1.29 is 9.53 Å². The van der Waals surface area contributed by atoms with Crippen molar-refractivity contribution in [1.29, 1.82) is 0 Å². The lowest BCUT2D eigenvalue weighted by molar-refractivity contribution is 0.0779. The van der Waals surface area contributed by atoms with Crippen molar-refractivity contribution in [3.05, 3.63) is 17.5 Å². The van der Waals surface area contributed by atoms with Crippen LogP contribution in [0.15, 0.2) is 6.20 Å². The van der Waals surface area contributed by atoms with Crippen LogP contribution in [0.3, 0.4) is 0 Å². The van der Waals surface area contributed by atoms with Gasteiger partial charge in [0.25, 0.3) is 5.91 Å². The van der Waals surface area contributed by atoms with Crippen LogP contribution in [0.25, 0.3) is 0 Å². The number of nitrogens with zero attached hydrogens (tertiary/aromatic N) is 2. The molecule has 1 saturated carbocycles. The third kappa shape index (κ3) is 2.82. The Morgan fingerprint density at radius 2 is 2.19 bits per heavy atom. The molecule has 21 heavy (non-hydrogen) atoms. The van der Waals surface area contributed by atoms with E-state index in [1.54, 1.807) is 13.3 Å². The Morgan fingerprint density at radius 1 is 1.43 bits per heavy atom. The van der Waals surface area contributed by atoms with Gasteiger partial charge in [-0.1, -0.05) is 12.8 Å². The first-order valence-corrected chi connectivity index (χ1v) is 7.79. The standard InChI is InChI=1S/C15H24N4O2/c1-10-12(7-17-19(10)11-5-3-4-6-11)15(20)18-13-8-16-9-14(13)21-2/h7,11,13-14,16H,3-6,8-9H2,1-2H3,(H,18,20)/t13-,14-/m0/s1. The van der Waals surface area contributed by atoms with Gasteiger partial charge >= 0.3 is 0 Å². The first kappa shape index (κ1) is 14.5. The van der Waals surface area contributed by atoms with E-state index in [1.165, 1.54) is 25.7 Å². The Morgan fingerprint density at radius 3 is 2.90 bits per heavy atom. The van der Waals surface area contributed by atoms with Gasteiger partial charge in [0.1, 0.15) is 0 Å². The molecule has 6 heteroatoms. The number of rotatable bonds is 4. The summed E-state index contributed by atoms with van der Waals surface area (Å²) in [4.78, 5) is 12.5. The van der Waals surface area contributed by atoms with Gasteiger partial charge in [-0.15, -0.1) is 0 Å². The Labute approximate surface area is 125 Å². The zero-order valence-corrected chi connectivity index (χ0v) is 12.8. The molecule has 1 saturated heterocycles. The van der Waals surface area contributed by atoms with Crippen LogP contribution in [0.1, 0.15) is 47.8 Å². The minimum atomic E-state index is -0.0486. The van der Waals surface area contributed by atoms with E-state index in [9.17, 15) is 4.79 Å². The number of carbonyl (C=O) groups excluding carboxylic acids is 1. The van der Waals surface area contributed by atoms with Crippen molar-refractivity contribution in [2.24, 2.45) is 0 Å². The maximum absolute atomic E-state index is 12.5. The zero-order chi connectivity index (χ0) is 14.8. The zero-order valence-electron chi connectivity index (χ0n) is 12.8. The molecule has 2 heterocycles. The summed E-state index contributed by atoms with van der Waals surface area (Å²) in [6.45, 7) is 3.52. The summed E-state index contributed by atoms with van der Waals surface area (Å²) in [5.74, 6) is -0.0486. The maximum atomic E-state index is 12.5. The highest BCUT2D eigenvalue weighted by molar-refractivity contribution is 5.95. The molecule has 1 aromatic heterocycles. The maximum Gasteiger partial charge on any atom is 0.255 e.